The van der Waals surface area contributed by atoms with Gasteiger partial charge in [0.05, 0.1) is 5.92 Å². The number of rotatable bonds is 6. The van der Waals surface area contributed by atoms with E-state index in [2.05, 4.69) is 4.90 Å². The highest BCUT2D eigenvalue weighted by Gasteiger charge is 2.22. The molecule has 4 heteroatoms. The molecule has 0 spiro atoms. The summed E-state index contributed by atoms with van der Waals surface area (Å²) in [5, 5.41) is 0. The zero-order valence-electron chi connectivity index (χ0n) is 12.8. The lowest BCUT2D eigenvalue weighted by molar-refractivity contribution is -0.150. The van der Waals surface area contributed by atoms with E-state index in [1.165, 1.54) is 0 Å². The van der Waals surface area contributed by atoms with Gasteiger partial charge in [-0.05, 0) is 44.0 Å². The molecule has 0 bridgehead atoms. The molecule has 0 aliphatic carbocycles. The lowest BCUT2D eigenvalue weighted by Crippen LogP contribution is -2.40. The summed E-state index contributed by atoms with van der Waals surface area (Å²) in [6.07, 6.45) is 2.28. The van der Waals surface area contributed by atoms with Crippen LogP contribution in [0.15, 0.2) is 30.3 Å². The summed E-state index contributed by atoms with van der Waals surface area (Å²) in [4.78, 5) is 14.4. The number of hydrogen-bond donors (Lipinski definition) is 1. The number of carbonyl (C=O) groups is 1. The summed E-state index contributed by atoms with van der Waals surface area (Å²) in [7, 11) is 0. The molecule has 1 atom stereocenters. The van der Waals surface area contributed by atoms with Crippen LogP contribution in [0, 0.1) is 11.8 Å². The van der Waals surface area contributed by atoms with Gasteiger partial charge in [0.2, 0.25) is 0 Å². The van der Waals surface area contributed by atoms with Crippen LogP contribution in [-0.2, 0) is 16.1 Å². The third-order valence-corrected chi connectivity index (χ3v) is 4.20. The second kappa shape index (κ2) is 8.15. The molecule has 0 radical (unpaired) electrons. The first-order valence-corrected chi connectivity index (χ1v) is 7.82. The van der Waals surface area contributed by atoms with E-state index in [1.807, 2.05) is 37.3 Å². The average Bonchev–Trinajstić information content (AvgIpc) is 2.54. The quantitative estimate of drug-likeness (QED) is 0.815. The predicted octanol–water partition coefficient (Wildman–Crippen LogP) is 2.04. The van der Waals surface area contributed by atoms with E-state index in [-0.39, 0.29) is 11.9 Å². The van der Waals surface area contributed by atoms with Gasteiger partial charge in [0.25, 0.3) is 0 Å². The Labute approximate surface area is 127 Å². The van der Waals surface area contributed by atoms with Crippen LogP contribution in [0.4, 0.5) is 0 Å². The van der Waals surface area contributed by atoms with Crippen LogP contribution >= 0.6 is 0 Å². The standard InChI is InChI=1S/C17H26N2O2/c1-14(12-19-9-7-15(11-18)8-10-19)17(20)21-13-16-5-3-2-4-6-16/h2-6,14-15H,7-13,18H2,1H3. The molecule has 0 amide bonds. The molecule has 1 aliphatic heterocycles. The van der Waals surface area contributed by atoms with E-state index < -0.39 is 0 Å². The van der Waals surface area contributed by atoms with Crippen molar-refractivity contribution in [2.24, 2.45) is 17.6 Å². The van der Waals surface area contributed by atoms with Crippen molar-refractivity contribution < 1.29 is 9.53 Å². The topological polar surface area (TPSA) is 55.6 Å². The molecule has 1 aromatic carbocycles. The molecule has 1 unspecified atom stereocenters. The highest BCUT2D eigenvalue weighted by atomic mass is 16.5. The Morgan fingerprint density at radius 1 is 1.33 bits per heavy atom. The molecule has 0 aromatic heterocycles. The summed E-state index contributed by atoms with van der Waals surface area (Å²) in [5.41, 5.74) is 6.73. The molecule has 116 valence electrons. The third-order valence-electron chi connectivity index (χ3n) is 4.20. The number of likely N-dealkylation sites (tertiary alicyclic amines) is 1. The maximum atomic E-state index is 12.0. The SMILES string of the molecule is CC(CN1CCC(CN)CC1)C(=O)OCc1ccccc1. The summed E-state index contributed by atoms with van der Waals surface area (Å²) in [6.45, 7) is 5.95. The Hall–Kier alpha value is -1.39. The van der Waals surface area contributed by atoms with E-state index >= 15 is 0 Å². The number of benzene rings is 1. The van der Waals surface area contributed by atoms with Gasteiger partial charge in [-0.15, -0.1) is 0 Å². The maximum Gasteiger partial charge on any atom is 0.310 e. The van der Waals surface area contributed by atoms with Gasteiger partial charge in [-0.3, -0.25) is 4.79 Å². The smallest absolute Gasteiger partial charge is 0.310 e. The lowest BCUT2D eigenvalue weighted by atomic mass is 9.96. The fourth-order valence-electron chi connectivity index (χ4n) is 2.74. The Kier molecular flexibility index (Phi) is 6.21. The number of esters is 1. The van der Waals surface area contributed by atoms with Crippen LogP contribution in [0.1, 0.15) is 25.3 Å². The Morgan fingerprint density at radius 3 is 2.62 bits per heavy atom. The van der Waals surface area contributed by atoms with Crippen molar-refractivity contribution in [2.45, 2.75) is 26.4 Å². The predicted molar refractivity (Wildman–Crippen MR) is 83.6 cm³/mol. The summed E-state index contributed by atoms with van der Waals surface area (Å²) in [5.74, 6) is 0.463. The molecule has 1 aliphatic rings. The number of piperidine rings is 1. The first-order valence-electron chi connectivity index (χ1n) is 7.82. The second-order valence-electron chi connectivity index (χ2n) is 5.97. The molecular weight excluding hydrogens is 264 g/mol. The van der Waals surface area contributed by atoms with E-state index in [4.69, 9.17) is 10.5 Å². The fourth-order valence-corrected chi connectivity index (χ4v) is 2.74. The van der Waals surface area contributed by atoms with Crippen molar-refractivity contribution in [3.63, 3.8) is 0 Å². The summed E-state index contributed by atoms with van der Waals surface area (Å²) < 4.78 is 5.39. The highest BCUT2D eigenvalue weighted by molar-refractivity contribution is 5.72. The van der Waals surface area contributed by atoms with Crippen LogP contribution in [-0.4, -0.2) is 37.0 Å². The number of nitrogens with zero attached hydrogens (tertiary/aromatic N) is 1. The van der Waals surface area contributed by atoms with Crippen molar-refractivity contribution in [3.8, 4) is 0 Å². The van der Waals surface area contributed by atoms with Gasteiger partial charge in [0.1, 0.15) is 6.61 Å². The van der Waals surface area contributed by atoms with Gasteiger partial charge in [0, 0.05) is 6.54 Å². The van der Waals surface area contributed by atoms with Gasteiger partial charge >= 0.3 is 5.97 Å². The van der Waals surface area contributed by atoms with Crippen LogP contribution < -0.4 is 5.73 Å². The zero-order valence-corrected chi connectivity index (χ0v) is 12.8. The van der Waals surface area contributed by atoms with Gasteiger partial charge in [-0.2, -0.15) is 0 Å². The summed E-state index contributed by atoms with van der Waals surface area (Å²) in [6, 6.07) is 9.80. The fraction of sp³-hybridized carbons (Fsp3) is 0.588. The molecule has 2 rings (SSSR count). The normalized spacial score (nSPS) is 18.4. The van der Waals surface area contributed by atoms with Crippen LogP contribution in [0.3, 0.4) is 0 Å². The second-order valence-corrected chi connectivity index (χ2v) is 5.97. The first-order chi connectivity index (χ1) is 10.2. The maximum absolute atomic E-state index is 12.0. The third kappa shape index (κ3) is 5.14. The molecule has 4 nitrogen and oxygen atoms in total. The highest BCUT2D eigenvalue weighted by Crippen LogP contribution is 2.17. The number of carbonyl (C=O) groups excluding carboxylic acids is 1. The van der Waals surface area contributed by atoms with E-state index in [1.54, 1.807) is 0 Å². The zero-order chi connectivity index (χ0) is 15.1. The van der Waals surface area contributed by atoms with E-state index in [0.717, 1.165) is 44.6 Å². The van der Waals surface area contributed by atoms with Crippen molar-refractivity contribution in [2.75, 3.05) is 26.2 Å². The molecular formula is C17H26N2O2. The molecule has 1 heterocycles. The number of ether oxygens (including phenoxy) is 1. The Balaban J connectivity index is 1.70. The molecule has 0 saturated carbocycles. The molecule has 21 heavy (non-hydrogen) atoms. The van der Waals surface area contributed by atoms with Crippen molar-refractivity contribution in [3.05, 3.63) is 35.9 Å². The van der Waals surface area contributed by atoms with Crippen LogP contribution in [0.25, 0.3) is 0 Å². The number of nitrogens with two attached hydrogens (primary N) is 1. The van der Waals surface area contributed by atoms with Gasteiger partial charge < -0.3 is 15.4 Å². The average molecular weight is 290 g/mol. The van der Waals surface area contributed by atoms with Crippen molar-refractivity contribution in [1.82, 2.24) is 4.90 Å². The molecule has 1 saturated heterocycles. The largest absolute Gasteiger partial charge is 0.461 e. The molecule has 2 N–H and O–H groups in total. The number of hydrogen-bond acceptors (Lipinski definition) is 4. The van der Waals surface area contributed by atoms with Gasteiger partial charge in [-0.1, -0.05) is 37.3 Å². The van der Waals surface area contributed by atoms with Gasteiger partial charge in [0.15, 0.2) is 0 Å². The first kappa shape index (κ1) is 16.0. The molecule has 1 fully saturated rings. The van der Waals surface area contributed by atoms with E-state index in [0.29, 0.717) is 12.5 Å². The Morgan fingerprint density at radius 2 is 2.00 bits per heavy atom. The van der Waals surface area contributed by atoms with E-state index in [9.17, 15) is 4.79 Å². The minimum absolute atomic E-state index is 0.0804. The van der Waals surface area contributed by atoms with Crippen molar-refractivity contribution in [1.29, 1.82) is 0 Å². The minimum Gasteiger partial charge on any atom is -0.461 e. The van der Waals surface area contributed by atoms with Gasteiger partial charge in [-0.25, -0.2) is 0 Å². The molecule has 1 aromatic rings. The Bertz CT molecular complexity index is 428. The summed E-state index contributed by atoms with van der Waals surface area (Å²) >= 11 is 0. The lowest BCUT2D eigenvalue weighted by Gasteiger charge is -2.32. The van der Waals surface area contributed by atoms with Crippen LogP contribution in [0.5, 0.6) is 0 Å². The van der Waals surface area contributed by atoms with Crippen molar-refractivity contribution >= 4 is 5.97 Å². The minimum atomic E-state index is -0.111. The van der Waals surface area contributed by atoms with Crippen LogP contribution in [0.2, 0.25) is 0 Å². The monoisotopic (exact) mass is 290 g/mol.